The van der Waals surface area contributed by atoms with Gasteiger partial charge in [0.1, 0.15) is 23.3 Å². The van der Waals surface area contributed by atoms with Crippen LogP contribution in [-0.2, 0) is 9.59 Å². The van der Waals surface area contributed by atoms with Crippen molar-refractivity contribution in [3.8, 4) is 5.75 Å². The Morgan fingerprint density at radius 1 is 1.05 bits per heavy atom. The van der Waals surface area contributed by atoms with Crippen LogP contribution in [-0.4, -0.2) is 36.5 Å². The van der Waals surface area contributed by atoms with E-state index in [-0.39, 0.29) is 17.3 Å². The first-order valence-corrected chi connectivity index (χ1v) is 13.8. The molecule has 0 bridgehead atoms. The van der Waals surface area contributed by atoms with E-state index in [1.807, 2.05) is 51.1 Å². The molecule has 1 N–H and O–H groups in total. The second-order valence-electron chi connectivity index (χ2n) is 10.7. The largest absolute Gasteiger partial charge is 0.507 e. The average Bonchev–Trinajstić information content (AvgIpc) is 3.56. The van der Waals surface area contributed by atoms with Gasteiger partial charge in [-0.2, -0.15) is 0 Å². The van der Waals surface area contributed by atoms with E-state index in [0.29, 0.717) is 23.6 Å². The van der Waals surface area contributed by atoms with Crippen molar-refractivity contribution in [3.05, 3.63) is 83.3 Å². The summed E-state index contributed by atoms with van der Waals surface area (Å²) in [5.74, 6) is 0.309. The quantitative estimate of drug-likeness (QED) is 0.210. The number of carbonyl (C=O) groups excluding carboxylic acids is 2. The first kappa shape index (κ1) is 26.6. The number of ketones is 1. The van der Waals surface area contributed by atoms with Gasteiger partial charge in [-0.15, -0.1) is 0 Å². The minimum Gasteiger partial charge on any atom is -0.507 e. The molecule has 2 saturated heterocycles. The lowest BCUT2D eigenvalue weighted by molar-refractivity contribution is -0.132. The maximum absolute atomic E-state index is 13.5. The highest BCUT2D eigenvalue weighted by atomic mass is 16.5. The molecule has 7 heteroatoms. The van der Waals surface area contributed by atoms with Crippen molar-refractivity contribution in [2.75, 3.05) is 29.5 Å². The third-order valence-corrected chi connectivity index (χ3v) is 7.74. The van der Waals surface area contributed by atoms with E-state index < -0.39 is 17.7 Å². The van der Waals surface area contributed by atoms with Crippen molar-refractivity contribution in [1.82, 2.24) is 0 Å². The van der Waals surface area contributed by atoms with E-state index >= 15 is 0 Å². The third kappa shape index (κ3) is 5.05. The van der Waals surface area contributed by atoms with Crippen LogP contribution >= 0.6 is 0 Å². The van der Waals surface area contributed by atoms with Gasteiger partial charge in [0.15, 0.2) is 0 Å². The zero-order valence-corrected chi connectivity index (χ0v) is 23.0. The van der Waals surface area contributed by atoms with E-state index in [1.165, 1.54) is 11.2 Å². The fourth-order valence-electron chi connectivity index (χ4n) is 5.50. The van der Waals surface area contributed by atoms with E-state index in [0.717, 1.165) is 48.8 Å². The Kier molecular flexibility index (Phi) is 7.51. The number of benzene rings is 2. The average molecular weight is 529 g/mol. The molecule has 2 fully saturated rings. The lowest BCUT2D eigenvalue weighted by Crippen LogP contribution is -2.33. The summed E-state index contributed by atoms with van der Waals surface area (Å²) in [4.78, 5) is 30.7. The number of anilines is 2. The van der Waals surface area contributed by atoms with Gasteiger partial charge in [0.05, 0.1) is 18.4 Å². The standard InChI is InChI=1S/C32H36N2O5/c1-5-38-26-13-8-22(19-25(26)20(2)3)30(35)28-29(27-7-6-18-39-27)34(32(37)31(28)36)24-11-9-23(10-12-24)33-16-14-21(4)15-17-33/h6-13,18-21,29,35H,5,14-17H2,1-4H3/b30-28-. The number of piperidine rings is 1. The molecular formula is C32H36N2O5. The highest BCUT2D eigenvalue weighted by Gasteiger charge is 2.48. The molecule has 0 aliphatic carbocycles. The van der Waals surface area contributed by atoms with Crippen LogP contribution in [0.25, 0.3) is 5.76 Å². The summed E-state index contributed by atoms with van der Waals surface area (Å²) in [7, 11) is 0. The minimum atomic E-state index is -0.893. The van der Waals surface area contributed by atoms with Gasteiger partial charge in [0, 0.05) is 30.0 Å². The van der Waals surface area contributed by atoms with Crippen LogP contribution in [0.2, 0.25) is 0 Å². The van der Waals surface area contributed by atoms with Gasteiger partial charge < -0.3 is 19.2 Å². The fourth-order valence-corrected chi connectivity index (χ4v) is 5.50. The number of aliphatic hydroxyl groups excluding tert-OH is 1. The summed E-state index contributed by atoms with van der Waals surface area (Å²) < 4.78 is 11.5. The lowest BCUT2D eigenvalue weighted by Gasteiger charge is -2.32. The summed E-state index contributed by atoms with van der Waals surface area (Å²) >= 11 is 0. The highest BCUT2D eigenvalue weighted by molar-refractivity contribution is 6.51. The second kappa shape index (κ2) is 11.0. The Morgan fingerprint density at radius 3 is 2.36 bits per heavy atom. The molecule has 204 valence electrons. The number of rotatable bonds is 7. The van der Waals surface area contributed by atoms with Gasteiger partial charge in [0.2, 0.25) is 0 Å². The first-order chi connectivity index (χ1) is 18.8. The number of carbonyl (C=O) groups is 2. The lowest BCUT2D eigenvalue weighted by atomic mass is 9.95. The van der Waals surface area contributed by atoms with Crippen LogP contribution in [0.15, 0.2) is 70.9 Å². The molecule has 1 aromatic heterocycles. The van der Waals surface area contributed by atoms with Crippen molar-refractivity contribution in [2.45, 2.75) is 52.5 Å². The number of hydrogen-bond acceptors (Lipinski definition) is 6. The second-order valence-corrected chi connectivity index (χ2v) is 10.7. The van der Waals surface area contributed by atoms with E-state index in [1.54, 1.807) is 24.3 Å². The maximum atomic E-state index is 13.5. The predicted molar refractivity (Wildman–Crippen MR) is 152 cm³/mol. The van der Waals surface area contributed by atoms with Crippen LogP contribution in [0.1, 0.15) is 69.4 Å². The molecule has 3 heterocycles. The normalized spacial score (nSPS) is 19.8. The zero-order chi connectivity index (χ0) is 27.7. The Balaban J connectivity index is 1.55. The summed E-state index contributed by atoms with van der Waals surface area (Å²) in [6.45, 7) is 10.8. The maximum Gasteiger partial charge on any atom is 0.300 e. The van der Waals surface area contributed by atoms with Crippen molar-refractivity contribution in [3.63, 3.8) is 0 Å². The molecule has 5 rings (SSSR count). The molecule has 2 aliphatic heterocycles. The Labute approximate surface area is 229 Å². The van der Waals surface area contributed by atoms with E-state index in [9.17, 15) is 14.7 Å². The molecule has 1 atom stereocenters. The van der Waals surface area contributed by atoms with Crippen LogP contribution in [0.4, 0.5) is 11.4 Å². The van der Waals surface area contributed by atoms with Crippen LogP contribution < -0.4 is 14.5 Å². The molecule has 0 spiro atoms. The van der Waals surface area contributed by atoms with Gasteiger partial charge in [-0.25, -0.2) is 0 Å². The number of aliphatic hydroxyl groups is 1. The summed E-state index contributed by atoms with van der Waals surface area (Å²) in [6, 6.07) is 15.6. The fraction of sp³-hybridized carbons (Fsp3) is 0.375. The molecule has 0 saturated carbocycles. The molecule has 39 heavy (non-hydrogen) atoms. The number of amides is 1. The Hall–Kier alpha value is -4.00. The molecule has 0 radical (unpaired) electrons. The number of furan rings is 1. The molecule has 7 nitrogen and oxygen atoms in total. The van der Waals surface area contributed by atoms with E-state index in [4.69, 9.17) is 9.15 Å². The van der Waals surface area contributed by atoms with Gasteiger partial charge in [-0.1, -0.05) is 20.8 Å². The van der Waals surface area contributed by atoms with Gasteiger partial charge in [0.25, 0.3) is 11.7 Å². The molecular weight excluding hydrogens is 492 g/mol. The van der Waals surface area contributed by atoms with Crippen LogP contribution in [0, 0.1) is 5.92 Å². The number of nitrogens with zero attached hydrogens (tertiary/aromatic N) is 2. The topological polar surface area (TPSA) is 83.2 Å². The first-order valence-electron chi connectivity index (χ1n) is 13.8. The smallest absolute Gasteiger partial charge is 0.300 e. The molecule has 1 unspecified atom stereocenters. The van der Waals surface area contributed by atoms with Gasteiger partial charge >= 0.3 is 0 Å². The Morgan fingerprint density at radius 2 is 1.74 bits per heavy atom. The molecule has 3 aromatic rings. The number of hydrogen-bond donors (Lipinski definition) is 1. The highest BCUT2D eigenvalue weighted by Crippen LogP contribution is 2.43. The summed E-state index contributed by atoms with van der Waals surface area (Å²) in [6.07, 6.45) is 3.81. The SMILES string of the molecule is CCOc1ccc(/C(O)=C2/C(=O)C(=O)N(c3ccc(N4CCC(C)CC4)cc3)C2c2ccco2)cc1C(C)C. The number of ether oxygens (including phenoxy) is 1. The zero-order valence-electron chi connectivity index (χ0n) is 23.0. The summed E-state index contributed by atoms with van der Waals surface area (Å²) in [5, 5.41) is 11.5. The van der Waals surface area contributed by atoms with E-state index in [2.05, 4.69) is 11.8 Å². The molecule has 2 aromatic carbocycles. The number of Topliss-reactive ketones (excluding diaryl/α,β-unsaturated/α-hetero) is 1. The van der Waals surface area contributed by atoms with Gasteiger partial charge in [-0.3, -0.25) is 14.5 Å². The predicted octanol–water partition coefficient (Wildman–Crippen LogP) is 6.66. The third-order valence-electron chi connectivity index (χ3n) is 7.74. The molecule has 1 amide bonds. The van der Waals surface area contributed by atoms with Crippen LogP contribution in [0.3, 0.4) is 0 Å². The van der Waals surface area contributed by atoms with Crippen molar-refractivity contribution < 1.29 is 23.8 Å². The Bertz CT molecular complexity index is 1370. The molecule has 2 aliphatic rings. The van der Waals surface area contributed by atoms with Crippen molar-refractivity contribution in [1.29, 1.82) is 0 Å². The monoisotopic (exact) mass is 528 g/mol. The minimum absolute atomic E-state index is 0.00270. The van der Waals surface area contributed by atoms with Crippen LogP contribution in [0.5, 0.6) is 5.75 Å². The van der Waals surface area contributed by atoms with Crippen molar-refractivity contribution >= 4 is 28.8 Å². The van der Waals surface area contributed by atoms with Gasteiger partial charge in [-0.05, 0) is 91.8 Å². The summed E-state index contributed by atoms with van der Waals surface area (Å²) in [5.41, 5.74) is 3.02. The van der Waals surface area contributed by atoms with Crippen molar-refractivity contribution in [2.24, 2.45) is 5.92 Å².